The van der Waals surface area contributed by atoms with Crippen LogP contribution < -0.4 is 5.32 Å². The van der Waals surface area contributed by atoms with Crippen LogP contribution in [-0.2, 0) is 16.0 Å². The molecule has 0 fully saturated rings. The van der Waals surface area contributed by atoms with Crippen LogP contribution in [0.3, 0.4) is 0 Å². The van der Waals surface area contributed by atoms with Gasteiger partial charge < -0.3 is 15.2 Å². The minimum atomic E-state index is -1.36. The third-order valence-corrected chi connectivity index (χ3v) is 2.38. The zero-order valence-corrected chi connectivity index (χ0v) is 11.7. The highest BCUT2D eigenvalue weighted by Crippen LogP contribution is 2.12. The van der Waals surface area contributed by atoms with Crippen molar-refractivity contribution in [2.75, 3.05) is 0 Å². The van der Waals surface area contributed by atoms with E-state index in [4.69, 9.17) is 11.2 Å². The van der Waals surface area contributed by atoms with Crippen LogP contribution in [0.1, 0.15) is 27.7 Å². The van der Waals surface area contributed by atoms with Gasteiger partial charge in [-0.3, -0.25) is 0 Å². The molecule has 0 saturated heterocycles. The molecule has 0 spiro atoms. The molecule has 1 rings (SSSR count). The highest BCUT2D eigenvalue weighted by Gasteiger charge is 2.24. The Kier molecular flexibility index (Phi) is 4.72. The Bertz CT molecular complexity index is 566. The third kappa shape index (κ3) is 5.76. The number of hydrogen-bond acceptors (Lipinski definition) is 3. The Hall–Kier alpha value is -2.18. The average Bonchev–Trinajstić information content (AvgIpc) is 2.41. The number of rotatable bonds is 4. The van der Waals surface area contributed by atoms with E-state index in [1.54, 1.807) is 0 Å². The number of ether oxygens (including phenoxy) is 1. The molecule has 1 amide bonds. The summed E-state index contributed by atoms with van der Waals surface area (Å²) in [6.45, 7) is 2.82. The molecule has 0 aromatic heterocycles. The lowest BCUT2D eigenvalue weighted by Crippen LogP contribution is -2.44. The Morgan fingerprint density at radius 2 is 2.10 bits per heavy atom. The van der Waals surface area contributed by atoms with E-state index in [1.807, 2.05) is 0 Å². The predicted molar refractivity (Wildman–Crippen MR) is 70.9 cm³/mol. The topological polar surface area (TPSA) is 75.6 Å². The molecule has 1 aromatic carbocycles. The number of aliphatic carboxylic acids is 1. The number of carbonyl (C=O) groups excluding carboxylic acids is 1. The number of halogens is 2. The van der Waals surface area contributed by atoms with E-state index in [1.165, 1.54) is 19.9 Å². The second kappa shape index (κ2) is 6.51. The average molecular weight is 302 g/mol. The number of nitrogens with one attached hydrogen (secondary N) is 1. The van der Waals surface area contributed by atoms with Gasteiger partial charge in [-0.2, -0.15) is 0 Å². The molecule has 116 valence electrons. The van der Waals surface area contributed by atoms with Gasteiger partial charge in [0.05, 0.1) is 0 Å². The third-order valence-electron chi connectivity index (χ3n) is 2.38. The van der Waals surface area contributed by atoms with Crippen LogP contribution in [0, 0.1) is 11.6 Å². The lowest BCUT2D eigenvalue weighted by molar-refractivity contribution is -0.139. The quantitative estimate of drug-likeness (QED) is 0.896. The second-order valence-corrected chi connectivity index (χ2v) is 5.14. The van der Waals surface area contributed by atoms with Gasteiger partial charge in [0.25, 0.3) is 0 Å². The largest absolute Gasteiger partial charge is 0.480 e. The van der Waals surface area contributed by atoms with E-state index in [0.717, 1.165) is 12.1 Å². The van der Waals surface area contributed by atoms with Crippen LogP contribution >= 0.6 is 0 Å². The molecule has 0 saturated carbocycles. The molecule has 0 aliphatic rings. The van der Waals surface area contributed by atoms with Gasteiger partial charge in [-0.25, -0.2) is 18.4 Å². The summed E-state index contributed by atoms with van der Waals surface area (Å²) in [5, 5.41) is 11.2. The molecule has 0 unspecified atom stereocenters. The highest BCUT2D eigenvalue weighted by atomic mass is 19.2. The first-order valence-corrected chi connectivity index (χ1v) is 6.10. The lowest BCUT2D eigenvalue weighted by atomic mass is 10.1. The number of carboxylic acids is 1. The van der Waals surface area contributed by atoms with E-state index < -0.39 is 35.3 Å². The van der Waals surface area contributed by atoms with Gasteiger partial charge in [0, 0.05) is 7.79 Å². The molecular formula is C14H17F2NO4. The van der Waals surface area contributed by atoms with Gasteiger partial charge in [-0.1, -0.05) is 6.07 Å². The Balaban J connectivity index is 2.76. The molecular weight excluding hydrogens is 284 g/mol. The van der Waals surface area contributed by atoms with Crippen LogP contribution in [0.15, 0.2) is 18.2 Å². The fraction of sp³-hybridized carbons (Fsp3) is 0.429. The van der Waals surface area contributed by atoms with Gasteiger partial charge in [-0.15, -0.1) is 0 Å². The maximum absolute atomic E-state index is 13.1. The maximum atomic E-state index is 13.1. The summed E-state index contributed by atoms with van der Waals surface area (Å²) in [6.07, 6.45) is -1.23. The number of carbonyl (C=O) groups is 2. The fourth-order valence-electron chi connectivity index (χ4n) is 1.53. The van der Waals surface area contributed by atoms with Crippen molar-refractivity contribution in [3.63, 3.8) is 0 Å². The first-order valence-electron chi connectivity index (χ1n) is 6.81. The summed E-state index contributed by atoms with van der Waals surface area (Å²) in [6, 6.07) is 1.62. The number of hydrogen-bond donors (Lipinski definition) is 2. The van der Waals surface area contributed by atoms with Crippen molar-refractivity contribution in [3.8, 4) is 0 Å². The SMILES string of the molecule is [2H]CC(C)(C)OC(=O)N[C@@H](Cc1ccc(F)c(F)c1)C(=O)O. The standard InChI is InChI=1S/C14H17F2NO4/c1-14(2,3)21-13(20)17-11(12(18)19)7-8-4-5-9(15)10(16)6-8/h4-6,11H,7H2,1-3H3,(H,17,20)(H,18,19)/t11-/m0/s1/i1D. The molecule has 0 aliphatic carbocycles. The van der Waals surface area contributed by atoms with E-state index in [-0.39, 0.29) is 18.9 Å². The smallest absolute Gasteiger partial charge is 0.408 e. The molecule has 0 aliphatic heterocycles. The van der Waals surface area contributed by atoms with Crippen molar-refractivity contribution in [2.24, 2.45) is 0 Å². The molecule has 7 heteroatoms. The Labute approximate surface area is 122 Å². The summed E-state index contributed by atoms with van der Waals surface area (Å²) in [4.78, 5) is 22.8. The van der Waals surface area contributed by atoms with Crippen molar-refractivity contribution >= 4 is 12.1 Å². The number of carboxylic acid groups (broad SMARTS) is 1. The van der Waals surface area contributed by atoms with E-state index in [2.05, 4.69) is 5.32 Å². The minimum absolute atomic E-state index is 0.193. The zero-order valence-electron chi connectivity index (χ0n) is 12.7. The summed E-state index contributed by atoms with van der Waals surface area (Å²) in [5.41, 5.74) is -0.846. The summed E-state index contributed by atoms with van der Waals surface area (Å²) >= 11 is 0. The van der Waals surface area contributed by atoms with Gasteiger partial charge in [0.1, 0.15) is 11.6 Å². The molecule has 0 bridgehead atoms. The van der Waals surface area contributed by atoms with Crippen molar-refractivity contribution in [1.82, 2.24) is 5.32 Å². The van der Waals surface area contributed by atoms with Crippen LogP contribution in [-0.4, -0.2) is 28.8 Å². The van der Waals surface area contributed by atoms with Gasteiger partial charge >= 0.3 is 12.1 Å². The molecule has 21 heavy (non-hydrogen) atoms. The van der Waals surface area contributed by atoms with Crippen molar-refractivity contribution in [1.29, 1.82) is 0 Å². The molecule has 5 nitrogen and oxygen atoms in total. The number of amides is 1. The molecule has 2 N–H and O–H groups in total. The Morgan fingerprint density at radius 1 is 1.43 bits per heavy atom. The van der Waals surface area contributed by atoms with Gasteiger partial charge in [0.15, 0.2) is 11.6 Å². The maximum Gasteiger partial charge on any atom is 0.408 e. The zero-order chi connectivity index (χ0) is 16.9. The monoisotopic (exact) mass is 302 g/mol. The Morgan fingerprint density at radius 3 is 2.62 bits per heavy atom. The molecule has 0 heterocycles. The normalized spacial score (nSPS) is 13.2. The number of benzene rings is 1. The highest BCUT2D eigenvalue weighted by molar-refractivity contribution is 5.80. The van der Waals surface area contributed by atoms with Crippen molar-refractivity contribution in [2.45, 2.75) is 38.8 Å². The first kappa shape index (κ1) is 15.2. The molecule has 1 aromatic rings. The predicted octanol–water partition coefficient (Wildman–Crippen LogP) is 2.49. The van der Waals surface area contributed by atoms with Crippen LogP contribution in [0.2, 0.25) is 0 Å². The van der Waals surface area contributed by atoms with E-state index in [9.17, 15) is 18.4 Å². The van der Waals surface area contributed by atoms with Crippen LogP contribution in [0.25, 0.3) is 0 Å². The molecule has 0 radical (unpaired) electrons. The summed E-state index contributed by atoms with van der Waals surface area (Å²) in [5.74, 6) is -3.48. The summed E-state index contributed by atoms with van der Waals surface area (Å²) in [7, 11) is 0. The lowest BCUT2D eigenvalue weighted by Gasteiger charge is -2.22. The van der Waals surface area contributed by atoms with E-state index in [0.29, 0.717) is 0 Å². The second-order valence-electron chi connectivity index (χ2n) is 5.14. The van der Waals surface area contributed by atoms with Crippen LogP contribution in [0.5, 0.6) is 0 Å². The summed E-state index contributed by atoms with van der Waals surface area (Å²) < 4.78 is 38.0. The van der Waals surface area contributed by atoms with E-state index >= 15 is 0 Å². The molecule has 1 atom stereocenters. The number of alkyl carbamates (subject to hydrolysis) is 1. The van der Waals surface area contributed by atoms with Crippen molar-refractivity contribution < 1.29 is 29.6 Å². The van der Waals surface area contributed by atoms with Gasteiger partial charge in [-0.05, 0) is 38.4 Å². The van der Waals surface area contributed by atoms with Crippen LogP contribution in [0.4, 0.5) is 13.6 Å². The fourth-order valence-corrected chi connectivity index (χ4v) is 1.53. The minimum Gasteiger partial charge on any atom is -0.480 e. The first-order chi connectivity index (χ1) is 10.1. The van der Waals surface area contributed by atoms with Crippen molar-refractivity contribution in [3.05, 3.63) is 35.4 Å². The van der Waals surface area contributed by atoms with Gasteiger partial charge in [0.2, 0.25) is 0 Å².